The summed E-state index contributed by atoms with van der Waals surface area (Å²) in [6.07, 6.45) is 0. The molecule has 98 valence electrons. The zero-order valence-electron chi connectivity index (χ0n) is 9.81. The first-order valence-electron chi connectivity index (χ1n) is 5.49. The van der Waals surface area contributed by atoms with E-state index in [1.807, 2.05) is 0 Å². The molecule has 1 unspecified atom stereocenters. The number of rotatable bonds is 4. The van der Waals surface area contributed by atoms with Gasteiger partial charge in [-0.15, -0.1) is 0 Å². The van der Waals surface area contributed by atoms with Crippen molar-refractivity contribution in [3.8, 4) is 0 Å². The smallest absolute Gasteiger partial charge is 0.175 e. The van der Waals surface area contributed by atoms with Crippen molar-refractivity contribution in [2.75, 3.05) is 5.75 Å². The number of halogens is 2. The Morgan fingerprint density at radius 3 is 2.58 bits per heavy atom. The fourth-order valence-corrected chi connectivity index (χ4v) is 3.05. The third-order valence-electron chi connectivity index (χ3n) is 2.49. The van der Waals surface area contributed by atoms with Gasteiger partial charge >= 0.3 is 0 Å². The lowest BCUT2D eigenvalue weighted by molar-refractivity contribution is 0.102. The van der Waals surface area contributed by atoms with E-state index in [9.17, 15) is 13.4 Å². The highest BCUT2D eigenvalue weighted by Crippen LogP contribution is 2.15. The molecule has 19 heavy (non-hydrogen) atoms. The van der Waals surface area contributed by atoms with E-state index in [2.05, 4.69) is 15.9 Å². The summed E-state index contributed by atoms with van der Waals surface area (Å²) in [5, 5.41) is 0. The molecule has 0 heterocycles. The summed E-state index contributed by atoms with van der Waals surface area (Å²) >= 11 is 3.27. The van der Waals surface area contributed by atoms with Gasteiger partial charge in [-0.25, -0.2) is 4.39 Å². The van der Waals surface area contributed by atoms with Gasteiger partial charge in [-0.05, 0) is 24.3 Å². The Labute approximate surface area is 121 Å². The van der Waals surface area contributed by atoms with E-state index in [1.165, 1.54) is 18.2 Å². The molecule has 0 amide bonds. The largest absolute Gasteiger partial charge is 0.293 e. The lowest BCUT2D eigenvalue weighted by atomic mass is 10.2. The van der Waals surface area contributed by atoms with E-state index in [1.54, 1.807) is 30.3 Å². The van der Waals surface area contributed by atoms with Gasteiger partial charge in [0.05, 0.1) is 21.4 Å². The van der Waals surface area contributed by atoms with Crippen LogP contribution in [0.2, 0.25) is 0 Å². The summed E-state index contributed by atoms with van der Waals surface area (Å²) in [6.45, 7) is 0. The number of benzene rings is 2. The predicted molar refractivity (Wildman–Crippen MR) is 76.1 cm³/mol. The predicted octanol–water partition coefficient (Wildman–Crippen LogP) is 3.58. The van der Waals surface area contributed by atoms with Crippen molar-refractivity contribution in [2.24, 2.45) is 0 Å². The third-order valence-corrected chi connectivity index (χ3v) is 4.33. The molecule has 2 rings (SSSR count). The van der Waals surface area contributed by atoms with Gasteiger partial charge in [0.25, 0.3) is 0 Å². The molecule has 0 saturated carbocycles. The van der Waals surface area contributed by atoms with E-state index in [4.69, 9.17) is 0 Å². The number of carbonyl (C=O) groups is 1. The quantitative estimate of drug-likeness (QED) is 0.797. The Morgan fingerprint density at radius 1 is 1.16 bits per heavy atom. The number of ketones is 1. The molecular weight excluding hydrogens is 331 g/mol. The van der Waals surface area contributed by atoms with Crippen LogP contribution in [0.4, 0.5) is 4.39 Å². The second-order valence-corrected chi connectivity index (χ2v) is 6.19. The zero-order chi connectivity index (χ0) is 13.8. The summed E-state index contributed by atoms with van der Waals surface area (Å²) in [4.78, 5) is 12.0. The van der Waals surface area contributed by atoms with Crippen molar-refractivity contribution in [3.05, 3.63) is 64.4 Å². The van der Waals surface area contributed by atoms with Crippen LogP contribution in [-0.4, -0.2) is 15.7 Å². The van der Waals surface area contributed by atoms with E-state index >= 15 is 0 Å². The molecule has 0 radical (unpaired) electrons. The molecule has 0 fully saturated rings. The van der Waals surface area contributed by atoms with Crippen LogP contribution in [0.15, 0.2) is 57.9 Å². The molecule has 5 heteroatoms. The van der Waals surface area contributed by atoms with Crippen molar-refractivity contribution in [1.29, 1.82) is 0 Å². The van der Waals surface area contributed by atoms with Crippen LogP contribution in [0.3, 0.4) is 0 Å². The van der Waals surface area contributed by atoms with Crippen LogP contribution >= 0.6 is 15.9 Å². The van der Waals surface area contributed by atoms with Gasteiger partial charge in [0.1, 0.15) is 5.82 Å². The summed E-state index contributed by atoms with van der Waals surface area (Å²) < 4.78 is 26.2. The molecule has 2 aromatic rings. The Balaban J connectivity index is 2.16. The van der Waals surface area contributed by atoms with E-state index < -0.39 is 16.6 Å². The fourth-order valence-electron chi connectivity index (χ4n) is 1.57. The van der Waals surface area contributed by atoms with Gasteiger partial charge in [-0.1, -0.05) is 40.2 Å². The van der Waals surface area contributed by atoms with Crippen molar-refractivity contribution < 1.29 is 13.4 Å². The molecule has 0 N–H and O–H groups in total. The Bertz CT molecular complexity index is 643. The standard InChI is InChI=1S/C14H10BrFO2S/c15-11-5-3-4-10(8-11)13(17)9-19(18)14-7-2-1-6-12(14)16/h1-8H,9H2. The van der Waals surface area contributed by atoms with Gasteiger partial charge < -0.3 is 0 Å². The molecule has 0 bridgehead atoms. The van der Waals surface area contributed by atoms with Crippen molar-refractivity contribution >= 4 is 32.5 Å². The second kappa shape index (κ2) is 6.21. The van der Waals surface area contributed by atoms with E-state index in [-0.39, 0.29) is 16.4 Å². The topological polar surface area (TPSA) is 34.1 Å². The first kappa shape index (κ1) is 14.1. The molecule has 0 aliphatic heterocycles. The average Bonchev–Trinajstić information content (AvgIpc) is 2.39. The zero-order valence-corrected chi connectivity index (χ0v) is 12.2. The first-order valence-corrected chi connectivity index (χ1v) is 7.61. The minimum atomic E-state index is -1.67. The maximum absolute atomic E-state index is 13.4. The monoisotopic (exact) mass is 340 g/mol. The highest BCUT2D eigenvalue weighted by molar-refractivity contribution is 9.10. The van der Waals surface area contributed by atoms with Crippen LogP contribution in [0.1, 0.15) is 10.4 Å². The van der Waals surface area contributed by atoms with Crippen LogP contribution in [0.25, 0.3) is 0 Å². The van der Waals surface area contributed by atoms with Gasteiger partial charge in [0.2, 0.25) is 0 Å². The molecule has 2 nitrogen and oxygen atoms in total. The SMILES string of the molecule is O=C(CS(=O)c1ccccc1F)c1cccc(Br)c1. The van der Waals surface area contributed by atoms with Gasteiger partial charge in [0, 0.05) is 10.0 Å². The van der Waals surface area contributed by atoms with Crippen molar-refractivity contribution in [2.45, 2.75) is 4.90 Å². The summed E-state index contributed by atoms with van der Waals surface area (Å²) in [7, 11) is -1.67. The van der Waals surface area contributed by atoms with Gasteiger partial charge in [0.15, 0.2) is 5.78 Å². The maximum atomic E-state index is 13.4. The molecule has 0 aliphatic rings. The minimum absolute atomic E-state index is 0.0610. The Hall–Kier alpha value is -1.33. The van der Waals surface area contributed by atoms with Crippen LogP contribution < -0.4 is 0 Å². The molecule has 0 aromatic heterocycles. The normalized spacial score (nSPS) is 12.1. The van der Waals surface area contributed by atoms with Gasteiger partial charge in [-0.2, -0.15) is 0 Å². The van der Waals surface area contributed by atoms with E-state index in [0.717, 1.165) is 4.47 Å². The van der Waals surface area contributed by atoms with Crippen LogP contribution in [0, 0.1) is 5.82 Å². The second-order valence-electron chi connectivity index (χ2n) is 3.85. The lowest BCUT2D eigenvalue weighted by Crippen LogP contribution is -2.12. The minimum Gasteiger partial charge on any atom is -0.293 e. The van der Waals surface area contributed by atoms with Crippen LogP contribution in [0.5, 0.6) is 0 Å². The number of carbonyl (C=O) groups excluding carboxylic acids is 1. The summed E-state index contributed by atoms with van der Waals surface area (Å²) in [6, 6.07) is 12.6. The highest BCUT2D eigenvalue weighted by atomic mass is 79.9. The molecule has 2 aromatic carbocycles. The molecule has 1 atom stereocenters. The van der Waals surface area contributed by atoms with Crippen molar-refractivity contribution in [3.63, 3.8) is 0 Å². The Morgan fingerprint density at radius 2 is 1.89 bits per heavy atom. The number of hydrogen-bond donors (Lipinski definition) is 0. The Kier molecular flexibility index (Phi) is 4.61. The average molecular weight is 341 g/mol. The van der Waals surface area contributed by atoms with E-state index in [0.29, 0.717) is 5.56 Å². The van der Waals surface area contributed by atoms with Gasteiger partial charge in [-0.3, -0.25) is 9.00 Å². The summed E-state index contributed by atoms with van der Waals surface area (Å²) in [5.41, 5.74) is 0.457. The molecular formula is C14H10BrFO2S. The first-order chi connectivity index (χ1) is 9.08. The molecule has 0 aliphatic carbocycles. The molecule has 0 spiro atoms. The molecule has 0 saturated heterocycles. The number of Topliss-reactive ketones (excluding diaryl/α,β-unsaturated/α-hetero) is 1. The van der Waals surface area contributed by atoms with Crippen molar-refractivity contribution in [1.82, 2.24) is 0 Å². The fraction of sp³-hybridized carbons (Fsp3) is 0.0714. The lowest BCUT2D eigenvalue weighted by Gasteiger charge is -2.04. The highest BCUT2D eigenvalue weighted by Gasteiger charge is 2.15. The third kappa shape index (κ3) is 3.58. The summed E-state index contributed by atoms with van der Waals surface area (Å²) in [5.74, 6) is -1.05. The number of hydrogen-bond acceptors (Lipinski definition) is 2. The van der Waals surface area contributed by atoms with Crippen LogP contribution in [-0.2, 0) is 10.8 Å². The maximum Gasteiger partial charge on any atom is 0.175 e.